The fourth-order valence-electron chi connectivity index (χ4n) is 2.50. The number of aliphatic hydroxyl groups is 1. The van der Waals surface area contributed by atoms with Crippen molar-refractivity contribution >= 4 is 17.6 Å². The van der Waals surface area contributed by atoms with Gasteiger partial charge in [-0.1, -0.05) is 30.7 Å². The van der Waals surface area contributed by atoms with Crippen LogP contribution in [0, 0.1) is 0 Å². The van der Waals surface area contributed by atoms with Crippen LogP contribution in [-0.2, 0) is 0 Å². The molecule has 1 aromatic carbocycles. The number of nitrogens with zero attached hydrogens (tertiary/aromatic N) is 1. The Hall–Kier alpha value is -1.26. The second kappa shape index (κ2) is 6.95. The van der Waals surface area contributed by atoms with E-state index in [-0.39, 0.29) is 12.1 Å². The van der Waals surface area contributed by atoms with Gasteiger partial charge in [-0.05, 0) is 37.0 Å². The van der Waals surface area contributed by atoms with Crippen LogP contribution in [-0.4, -0.2) is 35.2 Å². The van der Waals surface area contributed by atoms with Crippen LogP contribution in [0.5, 0.6) is 0 Å². The summed E-state index contributed by atoms with van der Waals surface area (Å²) in [4.78, 5) is 13.9. The predicted octanol–water partition coefficient (Wildman–Crippen LogP) is 2.96. The summed E-state index contributed by atoms with van der Waals surface area (Å²) in [6, 6.07) is 7.39. The minimum atomic E-state index is -0.398. The van der Waals surface area contributed by atoms with E-state index >= 15 is 0 Å². The van der Waals surface area contributed by atoms with Gasteiger partial charge in [0, 0.05) is 18.1 Å². The van der Waals surface area contributed by atoms with E-state index in [0.717, 1.165) is 24.8 Å². The molecule has 0 bridgehead atoms. The van der Waals surface area contributed by atoms with Crippen LogP contribution in [0.25, 0.3) is 0 Å². The third-order valence-corrected chi connectivity index (χ3v) is 3.91. The number of nitrogens with one attached hydrogen (secondary N) is 1. The third kappa shape index (κ3) is 3.87. The van der Waals surface area contributed by atoms with Gasteiger partial charge in [-0.15, -0.1) is 0 Å². The first-order valence-corrected chi connectivity index (χ1v) is 7.47. The lowest BCUT2D eigenvalue weighted by molar-refractivity contribution is 0.0832. The average molecular weight is 297 g/mol. The van der Waals surface area contributed by atoms with Gasteiger partial charge in [0.1, 0.15) is 0 Å². The van der Waals surface area contributed by atoms with E-state index in [0.29, 0.717) is 18.1 Å². The monoisotopic (exact) mass is 296 g/mol. The molecular formula is C15H21ClN2O2. The number of aliphatic hydroxyl groups excluding tert-OH is 1. The van der Waals surface area contributed by atoms with Crippen LogP contribution in [0.2, 0.25) is 5.02 Å². The van der Waals surface area contributed by atoms with E-state index in [1.165, 1.54) is 0 Å². The lowest BCUT2D eigenvalue weighted by Crippen LogP contribution is -2.47. The first-order chi connectivity index (χ1) is 9.60. The Kier molecular flexibility index (Phi) is 5.26. The number of hydrogen-bond acceptors (Lipinski definition) is 2. The third-order valence-electron chi connectivity index (χ3n) is 3.66. The summed E-state index contributed by atoms with van der Waals surface area (Å²) in [7, 11) is 0. The molecule has 20 heavy (non-hydrogen) atoms. The summed E-state index contributed by atoms with van der Waals surface area (Å²) in [6.07, 6.45) is 2.04. The number of likely N-dealkylation sites (tertiary alicyclic amines) is 1. The van der Waals surface area contributed by atoms with E-state index < -0.39 is 6.10 Å². The topological polar surface area (TPSA) is 52.6 Å². The summed E-state index contributed by atoms with van der Waals surface area (Å²) in [6.45, 7) is 3.16. The molecule has 1 aromatic rings. The Morgan fingerprint density at radius 3 is 2.80 bits per heavy atom. The first kappa shape index (κ1) is 15.1. The maximum Gasteiger partial charge on any atom is 0.317 e. The molecule has 0 aromatic heterocycles. The lowest BCUT2D eigenvalue weighted by atomic mass is 10.0. The summed E-state index contributed by atoms with van der Waals surface area (Å²) >= 11 is 5.88. The molecule has 1 aliphatic rings. The second-order valence-corrected chi connectivity index (χ2v) is 5.64. The molecule has 1 heterocycles. The molecule has 2 atom stereocenters. The van der Waals surface area contributed by atoms with E-state index in [4.69, 9.17) is 11.6 Å². The van der Waals surface area contributed by atoms with Crippen LogP contribution < -0.4 is 5.32 Å². The fourth-order valence-corrected chi connectivity index (χ4v) is 2.62. The van der Waals surface area contributed by atoms with Gasteiger partial charge in [0.05, 0.1) is 12.1 Å². The molecule has 1 aliphatic heterocycles. The molecule has 5 heteroatoms. The highest BCUT2D eigenvalue weighted by molar-refractivity contribution is 6.30. The molecule has 2 N–H and O–H groups in total. The summed E-state index contributed by atoms with van der Waals surface area (Å²) in [5.74, 6) is 0. The number of piperidine rings is 1. The fraction of sp³-hybridized carbons (Fsp3) is 0.533. The summed E-state index contributed by atoms with van der Waals surface area (Å²) in [5, 5.41) is 13.3. The molecule has 2 rings (SSSR count). The number of halogens is 1. The number of carbonyl (C=O) groups is 1. The Morgan fingerprint density at radius 1 is 1.50 bits per heavy atom. The number of carbonyl (C=O) groups excluding carboxylic acids is 1. The van der Waals surface area contributed by atoms with Gasteiger partial charge in [0.2, 0.25) is 0 Å². The first-order valence-electron chi connectivity index (χ1n) is 7.09. The highest BCUT2D eigenvalue weighted by Gasteiger charge is 2.23. The zero-order valence-corrected chi connectivity index (χ0v) is 12.4. The number of amides is 2. The second-order valence-electron chi connectivity index (χ2n) is 5.20. The SMILES string of the molecule is CCC(NC(=O)N1CCCC(O)C1)c1ccc(Cl)cc1. The van der Waals surface area contributed by atoms with Crippen LogP contribution in [0.1, 0.15) is 37.8 Å². The van der Waals surface area contributed by atoms with Crippen LogP contribution >= 0.6 is 11.6 Å². The van der Waals surface area contributed by atoms with Gasteiger partial charge in [0.15, 0.2) is 0 Å². The normalized spacial score (nSPS) is 20.6. The van der Waals surface area contributed by atoms with Crippen molar-refractivity contribution in [2.24, 2.45) is 0 Å². The predicted molar refractivity (Wildman–Crippen MR) is 79.8 cm³/mol. The Morgan fingerprint density at radius 2 is 2.20 bits per heavy atom. The van der Waals surface area contributed by atoms with Crippen molar-refractivity contribution in [3.05, 3.63) is 34.9 Å². The van der Waals surface area contributed by atoms with Gasteiger partial charge in [-0.2, -0.15) is 0 Å². The van der Waals surface area contributed by atoms with Crippen molar-refractivity contribution in [3.63, 3.8) is 0 Å². The van der Waals surface area contributed by atoms with Gasteiger partial charge in [-0.3, -0.25) is 0 Å². The maximum atomic E-state index is 12.2. The Bertz CT molecular complexity index is 450. The largest absolute Gasteiger partial charge is 0.391 e. The van der Waals surface area contributed by atoms with Gasteiger partial charge in [0.25, 0.3) is 0 Å². The van der Waals surface area contributed by atoms with Crippen molar-refractivity contribution in [1.29, 1.82) is 0 Å². The molecule has 0 saturated carbocycles. The number of benzene rings is 1. The maximum absolute atomic E-state index is 12.2. The van der Waals surface area contributed by atoms with E-state index in [9.17, 15) is 9.90 Å². The standard InChI is InChI=1S/C15H21ClN2O2/c1-2-14(11-5-7-12(16)8-6-11)17-15(20)18-9-3-4-13(19)10-18/h5-8,13-14,19H,2-4,9-10H2,1H3,(H,17,20). The Labute approximate surface area is 124 Å². The highest BCUT2D eigenvalue weighted by atomic mass is 35.5. The van der Waals surface area contributed by atoms with E-state index in [2.05, 4.69) is 5.32 Å². The molecule has 0 spiro atoms. The molecule has 4 nitrogen and oxygen atoms in total. The molecule has 2 unspecified atom stereocenters. The van der Waals surface area contributed by atoms with Crippen molar-refractivity contribution in [3.8, 4) is 0 Å². The zero-order valence-electron chi connectivity index (χ0n) is 11.7. The average Bonchev–Trinajstić information content (AvgIpc) is 2.45. The van der Waals surface area contributed by atoms with Crippen LogP contribution in [0.4, 0.5) is 4.79 Å². The van der Waals surface area contributed by atoms with Gasteiger partial charge in [-0.25, -0.2) is 4.79 Å². The van der Waals surface area contributed by atoms with Gasteiger partial charge >= 0.3 is 6.03 Å². The molecule has 2 amide bonds. The molecule has 1 saturated heterocycles. The zero-order chi connectivity index (χ0) is 14.5. The van der Waals surface area contributed by atoms with Crippen molar-refractivity contribution in [2.45, 2.75) is 38.3 Å². The summed E-state index contributed by atoms with van der Waals surface area (Å²) < 4.78 is 0. The van der Waals surface area contributed by atoms with Gasteiger partial charge < -0.3 is 15.3 Å². The van der Waals surface area contributed by atoms with Crippen molar-refractivity contribution in [2.75, 3.05) is 13.1 Å². The molecule has 110 valence electrons. The number of hydrogen-bond donors (Lipinski definition) is 2. The lowest BCUT2D eigenvalue weighted by Gasteiger charge is -2.31. The quantitative estimate of drug-likeness (QED) is 0.901. The van der Waals surface area contributed by atoms with E-state index in [1.54, 1.807) is 4.90 Å². The van der Waals surface area contributed by atoms with Crippen LogP contribution in [0.15, 0.2) is 24.3 Å². The van der Waals surface area contributed by atoms with Crippen molar-refractivity contribution < 1.29 is 9.90 Å². The molecule has 1 fully saturated rings. The van der Waals surface area contributed by atoms with E-state index in [1.807, 2.05) is 31.2 Å². The highest BCUT2D eigenvalue weighted by Crippen LogP contribution is 2.20. The number of urea groups is 1. The molecule has 0 aliphatic carbocycles. The Balaban J connectivity index is 1.98. The minimum Gasteiger partial charge on any atom is -0.391 e. The smallest absolute Gasteiger partial charge is 0.317 e. The number of rotatable bonds is 3. The van der Waals surface area contributed by atoms with Crippen molar-refractivity contribution in [1.82, 2.24) is 10.2 Å². The van der Waals surface area contributed by atoms with Crippen LogP contribution in [0.3, 0.4) is 0 Å². The molecular weight excluding hydrogens is 276 g/mol. The number of β-amino-alcohol motifs (C(OH)–C–C–N with tert-alkyl or cyclic N) is 1. The minimum absolute atomic E-state index is 0.0289. The molecule has 0 radical (unpaired) electrons. The summed E-state index contributed by atoms with van der Waals surface area (Å²) in [5.41, 5.74) is 1.04.